The lowest BCUT2D eigenvalue weighted by molar-refractivity contribution is 0.0304. The minimum absolute atomic E-state index is 0.230. The first kappa shape index (κ1) is 15.5. The Morgan fingerprint density at radius 3 is 2.25 bits per heavy atom. The quantitative estimate of drug-likeness (QED) is 0.885. The van der Waals surface area contributed by atoms with Crippen LogP contribution in [0.1, 0.15) is 57.9 Å². The largest absolute Gasteiger partial charge is 0.329 e. The minimum atomic E-state index is 0.230. The summed E-state index contributed by atoms with van der Waals surface area (Å²) in [5.74, 6) is 0.724. The van der Waals surface area contributed by atoms with E-state index in [1.54, 1.807) is 0 Å². The Morgan fingerprint density at radius 1 is 1.20 bits per heavy atom. The van der Waals surface area contributed by atoms with Gasteiger partial charge in [-0.1, -0.05) is 37.3 Å². The molecule has 20 heavy (non-hydrogen) atoms. The fraction of sp³-hybridized carbons (Fsp3) is 0.667. The number of hydrogen-bond acceptors (Lipinski definition) is 2. The summed E-state index contributed by atoms with van der Waals surface area (Å²) in [4.78, 5) is 2.62. The SMILES string of the molecule is CCN(C(C)C)C1(CN)CCC(c2ccccc2)CC1. The van der Waals surface area contributed by atoms with Crippen molar-refractivity contribution >= 4 is 0 Å². The third-order valence-electron chi connectivity index (χ3n) is 5.14. The molecule has 1 aliphatic rings. The molecule has 1 fully saturated rings. The fourth-order valence-corrected chi connectivity index (χ4v) is 4.07. The molecule has 2 N–H and O–H groups in total. The molecule has 1 aliphatic carbocycles. The number of rotatable bonds is 5. The molecule has 112 valence electrons. The van der Waals surface area contributed by atoms with Crippen molar-refractivity contribution < 1.29 is 0 Å². The van der Waals surface area contributed by atoms with E-state index in [9.17, 15) is 0 Å². The molecule has 2 heteroatoms. The normalized spacial score (nSPS) is 27.2. The molecular formula is C18H30N2. The number of benzene rings is 1. The lowest BCUT2D eigenvalue weighted by atomic mass is 9.73. The van der Waals surface area contributed by atoms with E-state index in [1.165, 1.54) is 31.2 Å². The molecule has 1 aromatic rings. The highest BCUT2D eigenvalue weighted by molar-refractivity contribution is 5.20. The summed E-state index contributed by atoms with van der Waals surface area (Å²) >= 11 is 0. The topological polar surface area (TPSA) is 29.3 Å². The molecule has 2 nitrogen and oxygen atoms in total. The van der Waals surface area contributed by atoms with Gasteiger partial charge in [0, 0.05) is 18.1 Å². The maximum absolute atomic E-state index is 6.19. The number of nitrogens with zero attached hydrogens (tertiary/aromatic N) is 1. The van der Waals surface area contributed by atoms with Crippen LogP contribution in [0.5, 0.6) is 0 Å². The van der Waals surface area contributed by atoms with Crippen molar-refractivity contribution in [2.75, 3.05) is 13.1 Å². The van der Waals surface area contributed by atoms with E-state index in [4.69, 9.17) is 5.73 Å². The molecule has 0 radical (unpaired) electrons. The second-order valence-corrected chi connectivity index (χ2v) is 6.49. The number of hydrogen-bond donors (Lipinski definition) is 1. The van der Waals surface area contributed by atoms with E-state index >= 15 is 0 Å². The summed E-state index contributed by atoms with van der Waals surface area (Å²) in [5.41, 5.74) is 7.93. The molecule has 0 spiro atoms. The second-order valence-electron chi connectivity index (χ2n) is 6.49. The molecule has 0 aliphatic heterocycles. The van der Waals surface area contributed by atoms with E-state index in [1.807, 2.05) is 0 Å². The van der Waals surface area contributed by atoms with Gasteiger partial charge in [0.2, 0.25) is 0 Å². The van der Waals surface area contributed by atoms with Crippen LogP contribution >= 0.6 is 0 Å². The molecule has 2 rings (SSSR count). The van der Waals surface area contributed by atoms with E-state index in [2.05, 4.69) is 56.0 Å². The Balaban J connectivity index is 2.08. The lowest BCUT2D eigenvalue weighted by Crippen LogP contribution is -2.57. The van der Waals surface area contributed by atoms with Crippen molar-refractivity contribution in [3.05, 3.63) is 35.9 Å². The van der Waals surface area contributed by atoms with E-state index in [0.29, 0.717) is 6.04 Å². The summed E-state index contributed by atoms with van der Waals surface area (Å²) < 4.78 is 0. The van der Waals surface area contributed by atoms with Gasteiger partial charge in [0.1, 0.15) is 0 Å². The third kappa shape index (κ3) is 3.07. The molecule has 0 aromatic heterocycles. The zero-order chi connectivity index (χ0) is 14.6. The summed E-state index contributed by atoms with van der Waals surface area (Å²) in [6, 6.07) is 11.6. The summed E-state index contributed by atoms with van der Waals surface area (Å²) in [6.07, 6.45) is 5.00. The Morgan fingerprint density at radius 2 is 1.80 bits per heavy atom. The molecule has 1 aromatic carbocycles. The highest BCUT2D eigenvalue weighted by atomic mass is 15.2. The number of nitrogens with two attached hydrogens (primary N) is 1. The van der Waals surface area contributed by atoms with Crippen molar-refractivity contribution in [1.29, 1.82) is 0 Å². The summed E-state index contributed by atoms with van der Waals surface area (Å²) in [5, 5.41) is 0. The average Bonchev–Trinajstić information content (AvgIpc) is 2.49. The molecule has 0 bridgehead atoms. The van der Waals surface area contributed by atoms with Crippen LogP contribution in [0.2, 0.25) is 0 Å². The van der Waals surface area contributed by atoms with Gasteiger partial charge in [-0.15, -0.1) is 0 Å². The first-order valence-corrected chi connectivity index (χ1v) is 8.14. The fourth-order valence-electron chi connectivity index (χ4n) is 4.07. The van der Waals surface area contributed by atoms with E-state index in [0.717, 1.165) is 19.0 Å². The van der Waals surface area contributed by atoms with Gasteiger partial charge in [0.05, 0.1) is 0 Å². The van der Waals surface area contributed by atoms with Gasteiger partial charge in [-0.2, -0.15) is 0 Å². The van der Waals surface area contributed by atoms with Crippen LogP contribution < -0.4 is 5.73 Å². The van der Waals surface area contributed by atoms with Gasteiger partial charge in [-0.3, -0.25) is 4.90 Å². The third-order valence-corrected chi connectivity index (χ3v) is 5.14. The zero-order valence-corrected chi connectivity index (χ0v) is 13.3. The molecule has 0 saturated heterocycles. The second kappa shape index (κ2) is 6.73. The van der Waals surface area contributed by atoms with Crippen LogP contribution in [0, 0.1) is 0 Å². The molecule has 0 atom stereocenters. The predicted octanol–water partition coefficient (Wildman–Crippen LogP) is 3.77. The van der Waals surface area contributed by atoms with Crippen molar-refractivity contribution in [2.24, 2.45) is 5.73 Å². The van der Waals surface area contributed by atoms with Crippen molar-refractivity contribution in [3.8, 4) is 0 Å². The molecule has 0 heterocycles. The van der Waals surface area contributed by atoms with E-state index < -0.39 is 0 Å². The first-order valence-electron chi connectivity index (χ1n) is 8.14. The van der Waals surface area contributed by atoms with Gasteiger partial charge < -0.3 is 5.73 Å². The summed E-state index contributed by atoms with van der Waals surface area (Å²) in [7, 11) is 0. The monoisotopic (exact) mass is 274 g/mol. The van der Waals surface area contributed by atoms with Gasteiger partial charge in [-0.05, 0) is 57.6 Å². The maximum atomic E-state index is 6.19. The Kier molecular flexibility index (Phi) is 5.22. The molecular weight excluding hydrogens is 244 g/mol. The van der Waals surface area contributed by atoms with Gasteiger partial charge in [0.15, 0.2) is 0 Å². The summed E-state index contributed by atoms with van der Waals surface area (Å²) in [6.45, 7) is 8.75. The Hall–Kier alpha value is -0.860. The minimum Gasteiger partial charge on any atom is -0.329 e. The number of likely N-dealkylation sites (N-methyl/N-ethyl adjacent to an activating group) is 1. The van der Waals surface area contributed by atoms with Crippen LogP contribution in [-0.2, 0) is 0 Å². The van der Waals surface area contributed by atoms with Crippen molar-refractivity contribution in [1.82, 2.24) is 4.90 Å². The van der Waals surface area contributed by atoms with Crippen LogP contribution in [-0.4, -0.2) is 29.6 Å². The van der Waals surface area contributed by atoms with Crippen LogP contribution in [0.4, 0.5) is 0 Å². The maximum Gasteiger partial charge on any atom is 0.0334 e. The van der Waals surface area contributed by atoms with Crippen molar-refractivity contribution in [2.45, 2.75) is 64.0 Å². The van der Waals surface area contributed by atoms with Crippen LogP contribution in [0.15, 0.2) is 30.3 Å². The smallest absolute Gasteiger partial charge is 0.0334 e. The first-order chi connectivity index (χ1) is 9.63. The van der Waals surface area contributed by atoms with Crippen LogP contribution in [0.3, 0.4) is 0 Å². The predicted molar refractivity (Wildman–Crippen MR) is 87.0 cm³/mol. The van der Waals surface area contributed by atoms with Gasteiger partial charge >= 0.3 is 0 Å². The molecule has 0 amide bonds. The highest BCUT2D eigenvalue weighted by Gasteiger charge is 2.39. The Labute approximate surface area is 124 Å². The van der Waals surface area contributed by atoms with Gasteiger partial charge in [0.25, 0.3) is 0 Å². The van der Waals surface area contributed by atoms with Gasteiger partial charge in [-0.25, -0.2) is 0 Å². The average molecular weight is 274 g/mol. The van der Waals surface area contributed by atoms with Crippen molar-refractivity contribution in [3.63, 3.8) is 0 Å². The lowest BCUT2D eigenvalue weighted by Gasteiger charge is -2.49. The Bertz CT molecular complexity index is 391. The van der Waals surface area contributed by atoms with Crippen LogP contribution in [0.25, 0.3) is 0 Å². The highest BCUT2D eigenvalue weighted by Crippen LogP contribution is 2.41. The molecule has 0 unspecified atom stereocenters. The molecule has 1 saturated carbocycles. The zero-order valence-electron chi connectivity index (χ0n) is 13.3. The van der Waals surface area contributed by atoms with E-state index in [-0.39, 0.29) is 5.54 Å². The standard InChI is InChI=1S/C18H30N2/c1-4-20(15(2)3)18(14-19)12-10-17(11-13-18)16-8-6-5-7-9-16/h5-9,15,17H,4,10-14,19H2,1-3H3.